The molecule has 1 saturated heterocycles. The van der Waals surface area contributed by atoms with Crippen molar-refractivity contribution in [2.24, 2.45) is 0 Å². The highest BCUT2D eigenvalue weighted by Crippen LogP contribution is 2.17. The molecule has 1 aliphatic heterocycles. The number of benzene rings is 1. The first-order chi connectivity index (χ1) is 12.3. The molecule has 3 aromatic rings. The second kappa shape index (κ2) is 6.90. The highest BCUT2D eigenvalue weighted by Gasteiger charge is 2.17. The number of anilines is 1. The lowest BCUT2D eigenvalue weighted by Gasteiger charge is -2.22. The van der Waals surface area contributed by atoms with Crippen molar-refractivity contribution in [1.82, 2.24) is 24.6 Å². The van der Waals surface area contributed by atoms with Gasteiger partial charge in [0.1, 0.15) is 0 Å². The molecule has 1 aromatic carbocycles. The van der Waals surface area contributed by atoms with Crippen LogP contribution in [0, 0.1) is 0 Å². The van der Waals surface area contributed by atoms with Crippen molar-refractivity contribution in [3.8, 4) is 5.69 Å². The number of hydrogen-bond acceptors (Lipinski definition) is 4. The van der Waals surface area contributed by atoms with Crippen LogP contribution in [0.3, 0.4) is 0 Å². The van der Waals surface area contributed by atoms with Gasteiger partial charge in [-0.05, 0) is 43.7 Å². The van der Waals surface area contributed by atoms with E-state index in [0.29, 0.717) is 11.7 Å². The van der Waals surface area contributed by atoms with Crippen LogP contribution in [0.25, 0.3) is 5.69 Å². The second-order valence-corrected chi connectivity index (χ2v) is 6.16. The molecule has 3 heterocycles. The fraction of sp³-hybridized carbons (Fsp3) is 0.278. The number of imidazole rings is 1. The van der Waals surface area contributed by atoms with Crippen LogP contribution in [0.2, 0.25) is 0 Å². The average Bonchev–Trinajstić information content (AvgIpc) is 3.35. The minimum absolute atomic E-state index is 0.203. The van der Waals surface area contributed by atoms with E-state index in [9.17, 15) is 4.79 Å². The lowest BCUT2D eigenvalue weighted by Crippen LogP contribution is -2.32. The van der Waals surface area contributed by atoms with E-state index < -0.39 is 0 Å². The van der Waals surface area contributed by atoms with E-state index in [4.69, 9.17) is 0 Å². The van der Waals surface area contributed by atoms with Crippen LogP contribution in [-0.4, -0.2) is 38.3 Å². The molecular weight excluding hydrogens is 316 g/mol. The van der Waals surface area contributed by atoms with Gasteiger partial charge in [0.25, 0.3) is 5.91 Å². The van der Waals surface area contributed by atoms with E-state index in [2.05, 4.69) is 20.7 Å². The molecule has 0 radical (unpaired) electrons. The van der Waals surface area contributed by atoms with Crippen LogP contribution >= 0.6 is 0 Å². The predicted molar refractivity (Wildman–Crippen MR) is 94.9 cm³/mol. The highest BCUT2D eigenvalue weighted by molar-refractivity contribution is 6.02. The Balaban J connectivity index is 1.47. The summed E-state index contributed by atoms with van der Waals surface area (Å²) in [5.74, 6) is -0.203. The number of nitrogens with zero attached hydrogens (tertiary/aromatic N) is 4. The van der Waals surface area contributed by atoms with Gasteiger partial charge in [-0.2, -0.15) is 5.10 Å². The number of carbonyl (C=O) groups excluding carboxylic acids is 1. The number of rotatable bonds is 4. The summed E-state index contributed by atoms with van der Waals surface area (Å²) in [6.07, 6.45) is 9.41. The normalized spacial score (nSPS) is 17.4. The number of carbonyl (C=O) groups is 1. The van der Waals surface area contributed by atoms with Crippen LogP contribution in [0.5, 0.6) is 0 Å². The van der Waals surface area contributed by atoms with Gasteiger partial charge in [0.2, 0.25) is 0 Å². The van der Waals surface area contributed by atoms with Crippen molar-refractivity contribution in [3.05, 3.63) is 60.9 Å². The SMILES string of the molecule is O=C(Nc1cccc(-n2ccnc2)c1)c1ccn(C2CCCNC2)n1. The molecule has 2 aromatic heterocycles. The average molecular weight is 336 g/mol. The summed E-state index contributed by atoms with van der Waals surface area (Å²) in [6.45, 7) is 1.95. The number of amides is 1. The molecule has 1 amide bonds. The third-order valence-corrected chi connectivity index (χ3v) is 4.39. The zero-order valence-electron chi connectivity index (χ0n) is 13.8. The third kappa shape index (κ3) is 3.46. The van der Waals surface area contributed by atoms with Crippen molar-refractivity contribution in [2.75, 3.05) is 18.4 Å². The molecule has 7 heteroatoms. The lowest BCUT2D eigenvalue weighted by atomic mass is 10.1. The Morgan fingerprint density at radius 3 is 3.04 bits per heavy atom. The summed E-state index contributed by atoms with van der Waals surface area (Å²) >= 11 is 0. The quantitative estimate of drug-likeness (QED) is 0.766. The molecule has 0 saturated carbocycles. The van der Waals surface area contributed by atoms with Gasteiger partial charge in [-0.15, -0.1) is 0 Å². The fourth-order valence-corrected chi connectivity index (χ4v) is 3.07. The first-order valence-corrected chi connectivity index (χ1v) is 8.45. The summed E-state index contributed by atoms with van der Waals surface area (Å²) in [6, 6.07) is 9.71. The van der Waals surface area contributed by atoms with E-state index in [-0.39, 0.29) is 5.91 Å². The van der Waals surface area contributed by atoms with E-state index in [1.807, 2.05) is 45.9 Å². The first kappa shape index (κ1) is 15.6. The van der Waals surface area contributed by atoms with Gasteiger partial charge in [-0.1, -0.05) is 6.07 Å². The van der Waals surface area contributed by atoms with Crippen molar-refractivity contribution >= 4 is 11.6 Å². The molecule has 1 unspecified atom stereocenters. The maximum absolute atomic E-state index is 12.5. The van der Waals surface area contributed by atoms with E-state index in [1.54, 1.807) is 18.6 Å². The Bertz CT molecular complexity index is 848. The highest BCUT2D eigenvalue weighted by atomic mass is 16.1. The molecule has 0 bridgehead atoms. The first-order valence-electron chi connectivity index (χ1n) is 8.45. The molecule has 0 aliphatic carbocycles. The molecule has 1 atom stereocenters. The van der Waals surface area contributed by atoms with Gasteiger partial charge in [0.05, 0.1) is 12.4 Å². The zero-order valence-corrected chi connectivity index (χ0v) is 13.8. The molecular formula is C18H20N6O. The monoisotopic (exact) mass is 336 g/mol. The van der Waals surface area contributed by atoms with Crippen LogP contribution in [0.1, 0.15) is 29.4 Å². The molecule has 7 nitrogen and oxygen atoms in total. The summed E-state index contributed by atoms with van der Waals surface area (Å²) < 4.78 is 3.78. The zero-order chi connectivity index (χ0) is 17.1. The summed E-state index contributed by atoms with van der Waals surface area (Å²) in [5, 5.41) is 10.7. The van der Waals surface area contributed by atoms with E-state index in [1.165, 1.54) is 0 Å². The minimum Gasteiger partial charge on any atom is -0.321 e. The largest absolute Gasteiger partial charge is 0.321 e. The number of aromatic nitrogens is 4. The summed E-state index contributed by atoms with van der Waals surface area (Å²) in [7, 11) is 0. The maximum Gasteiger partial charge on any atom is 0.276 e. The topological polar surface area (TPSA) is 76.8 Å². The van der Waals surface area contributed by atoms with Gasteiger partial charge in [0, 0.05) is 36.5 Å². The lowest BCUT2D eigenvalue weighted by molar-refractivity contribution is 0.102. The Morgan fingerprint density at radius 1 is 1.28 bits per heavy atom. The number of hydrogen-bond donors (Lipinski definition) is 2. The number of nitrogens with one attached hydrogen (secondary N) is 2. The fourth-order valence-electron chi connectivity index (χ4n) is 3.07. The standard InChI is InChI=1S/C18H20N6O/c25-18(17-6-9-24(22-17)16-5-2-7-19-12-16)21-14-3-1-4-15(11-14)23-10-8-20-13-23/h1,3-4,6,8-11,13,16,19H,2,5,7,12H2,(H,21,25). The van der Waals surface area contributed by atoms with Gasteiger partial charge in [-0.3, -0.25) is 9.48 Å². The van der Waals surface area contributed by atoms with Gasteiger partial charge in [0.15, 0.2) is 5.69 Å². The molecule has 1 fully saturated rings. The van der Waals surface area contributed by atoms with Crippen molar-refractivity contribution in [2.45, 2.75) is 18.9 Å². The van der Waals surface area contributed by atoms with Crippen molar-refractivity contribution in [3.63, 3.8) is 0 Å². The van der Waals surface area contributed by atoms with Crippen molar-refractivity contribution < 1.29 is 4.79 Å². The molecule has 128 valence electrons. The minimum atomic E-state index is -0.203. The Kier molecular flexibility index (Phi) is 4.30. The van der Waals surface area contributed by atoms with Gasteiger partial charge in [-0.25, -0.2) is 4.98 Å². The smallest absolute Gasteiger partial charge is 0.276 e. The molecule has 2 N–H and O–H groups in total. The van der Waals surface area contributed by atoms with Crippen LogP contribution in [-0.2, 0) is 0 Å². The van der Waals surface area contributed by atoms with Gasteiger partial charge < -0.3 is 15.2 Å². The Hall–Kier alpha value is -2.93. The molecule has 0 spiro atoms. The Morgan fingerprint density at radius 2 is 2.24 bits per heavy atom. The van der Waals surface area contributed by atoms with E-state index in [0.717, 1.165) is 37.3 Å². The third-order valence-electron chi connectivity index (χ3n) is 4.39. The van der Waals surface area contributed by atoms with Crippen LogP contribution in [0.15, 0.2) is 55.2 Å². The van der Waals surface area contributed by atoms with Crippen LogP contribution < -0.4 is 10.6 Å². The van der Waals surface area contributed by atoms with Gasteiger partial charge >= 0.3 is 0 Å². The Labute approximate surface area is 145 Å². The van der Waals surface area contributed by atoms with E-state index >= 15 is 0 Å². The molecule has 1 aliphatic rings. The maximum atomic E-state index is 12.5. The molecule has 25 heavy (non-hydrogen) atoms. The van der Waals surface area contributed by atoms with Crippen LogP contribution in [0.4, 0.5) is 5.69 Å². The second-order valence-electron chi connectivity index (χ2n) is 6.16. The molecule has 4 rings (SSSR count). The summed E-state index contributed by atoms with van der Waals surface area (Å²) in [4.78, 5) is 16.5. The number of piperidine rings is 1. The van der Waals surface area contributed by atoms with Crippen molar-refractivity contribution in [1.29, 1.82) is 0 Å². The summed E-state index contributed by atoms with van der Waals surface area (Å²) in [5.41, 5.74) is 2.10. The predicted octanol–water partition coefficient (Wildman–Crippen LogP) is 2.25.